The van der Waals surface area contributed by atoms with Crippen molar-refractivity contribution >= 4 is 39.1 Å². The monoisotopic (exact) mass is 555 g/mol. The fourth-order valence-corrected chi connectivity index (χ4v) is 5.49. The van der Waals surface area contributed by atoms with Crippen molar-refractivity contribution in [3.8, 4) is 0 Å². The number of nitrogens with zero attached hydrogens (tertiary/aromatic N) is 2. The van der Waals surface area contributed by atoms with Crippen LogP contribution in [0.1, 0.15) is 37.8 Å². The smallest absolute Gasteiger partial charge is 0.264 e. The highest BCUT2D eigenvalue weighted by Crippen LogP contribution is 2.27. The Labute approximate surface area is 230 Å². The number of carbonyl (C=O) groups excluding carboxylic acids is 2. The SMILES string of the molecule is CCCCNC(=O)C(C)N(Cc1ccccc1)C(=O)CN(c1cccc(Cl)c1)S(=O)(=O)c1ccc(C)cc1. The molecule has 0 spiro atoms. The molecule has 0 aromatic heterocycles. The normalized spacial score (nSPS) is 12.0. The lowest BCUT2D eigenvalue weighted by atomic mass is 10.1. The summed E-state index contributed by atoms with van der Waals surface area (Å²) in [5.74, 6) is -0.805. The van der Waals surface area contributed by atoms with E-state index in [0.29, 0.717) is 11.6 Å². The van der Waals surface area contributed by atoms with Crippen molar-refractivity contribution in [2.75, 3.05) is 17.4 Å². The number of carbonyl (C=O) groups is 2. The first-order chi connectivity index (χ1) is 18.1. The van der Waals surface area contributed by atoms with Gasteiger partial charge in [0.1, 0.15) is 12.6 Å². The van der Waals surface area contributed by atoms with Gasteiger partial charge in [-0.15, -0.1) is 0 Å². The third-order valence-corrected chi connectivity index (χ3v) is 8.20. The van der Waals surface area contributed by atoms with E-state index in [9.17, 15) is 18.0 Å². The van der Waals surface area contributed by atoms with Crippen LogP contribution in [0, 0.1) is 6.92 Å². The quantitative estimate of drug-likeness (QED) is 0.312. The molecule has 0 fully saturated rings. The summed E-state index contributed by atoms with van der Waals surface area (Å²) < 4.78 is 28.6. The van der Waals surface area contributed by atoms with Gasteiger partial charge in [0.2, 0.25) is 11.8 Å². The molecule has 3 rings (SSSR count). The third-order valence-electron chi connectivity index (χ3n) is 6.18. The number of aryl methyl sites for hydroxylation is 1. The molecule has 0 saturated carbocycles. The van der Waals surface area contributed by atoms with Gasteiger partial charge in [-0.1, -0.05) is 79.0 Å². The summed E-state index contributed by atoms with van der Waals surface area (Å²) in [6.07, 6.45) is 1.75. The maximum atomic E-state index is 13.8. The van der Waals surface area contributed by atoms with Gasteiger partial charge in [0, 0.05) is 18.1 Å². The highest BCUT2D eigenvalue weighted by molar-refractivity contribution is 7.92. The molecule has 9 heteroatoms. The van der Waals surface area contributed by atoms with Crippen molar-refractivity contribution in [2.24, 2.45) is 0 Å². The molecule has 1 atom stereocenters. The molecular formula is C29H34ClN3O4S. The Balaban J connectivity index is 1.98. The molecule has 7 nitrogen and oxygen atoms in total. The van der Waals surface area contributed by atoms with Gasteiger partial charge >= 0.3 is 0 Å². The van der Waals surface area contributed by atoms with E-state index in [1.807, 2.05) is 44.2 Å². The molecule has 1 unspecified atom stereocenters. The second kappa shape index (κ2) is 13.4. The number of hydrogen-bond donors (Lipinski definition) is 1. The lowest BCUT2D eigenvalue weighted by Gasteiger charge is -2.32. The lowest BCUT2D eigenvalue weighted by Crippen LogP contribution is -2.51. The molecule has 0 aliphatic carbocycles. The van der Waals surface area contributed by atoms with E-state index in [0.717, 1.165) is 28.3 Å². The largest absolute Gasteiger partial charge is 0.354 e. The van der Waals surface area contributed by atoms with Crippen LogP contribution in [0.2, 0.25) is 5.02 Å². The molecule has 0 aliphatic heterocycles. The van der Waals surface area contributed by atoms with Gasteiger partial charge in [-0.05, 0) is 56.2 Å². The number of benzene rings is 3. The van der Waals surface area contributed by atoms with Crippen LogP contribution in [0.25, 0.3) is 0 Å². The van der Waals surface area contributed by atoms with E-state index in [2.05, 4.69) is 5.32 Å². The van der Waals surface area contributed by atoms with E-state index in [4.69, 9.17) is 11.6 Å². The van der Waals surface area contributed by atoms with Crippen LogP contribution < -0.4 is 9.62 Å². The van der Waals surface area contributed by atoms with Gasteiger partial charge < -0.3 is 10.2 Å². The summed E-state index contributed by atoms with van der Waals surface area (Å²) in [6.45, 7) is 5.69. The van der Waals surface area contributed by atoms with Crippen molar-refractivity contribution in [3.63, 3.8) is 0 Å². The van der Waals surface area contributed by atoms with Crippen molar-refractivity contribution in [1.29, 1.82) is 0 Å². The van der Waals surface area contributed by atoms with Crippen LogP contribution >= 0.6 is 11.6 Å². The lowest BCUT2D eigenvalue weighted by molar-refractivity contribution is -0.139. The molecule has 2 amide bonds. The highest BCUT2D eigenvalue weighted by Gasteiger charge is 2.32. The maximum Gasteiger partial charge on any atom is 0.264 e. The van der Waals surface area contributed by atoms with Gasteiger partial charge in [0.05, 0.1) is 10.6 Å². The Hall–Kier alpha value is -3.36. The van der Waals surface area contributed by atoms with Crippen LogP contribution in [-0.2, 0) is 26.2 Å². The van der Waals surface area contributed by atoms with Crippen LogP contribution in [0.4, 0.5) is 5.69 Å². The number of sulfonamides is 1. The Morgan fingerprint density at radius 1 is 0.974 bits per heavy atom. The Kier molecular flexibility index (Phi) is 10.3. The van der Waals surface area contributed by atoms with Crippen LogP contribution in [0.5, 0.6) is 0 Å². The molecule has 38 heavy (non-hydrogen) atoms. The first kappa shape index (κ1) is 29.2. The van der Waals surface area contributed by atoms with Crippen molar-refractivity contribution in [1.82, 2.24) is 10.2 Å². The number of hydrogen-bond acceptors (Lipinski definition) is 4. The minimum Gasteiger partial charge on any atom is -0.354 e. The molecule has 0 heterocycles. The molecule has 0 saturated heterocycles. The fraction of sp³-hybridized carbons (Fsp3) is 0.310. The van der Waals surface area contributed by atoms with E-state index in [1.54, 1.807) is 37.3 Å². The van der Waals surface area contributed by atoms with Crippen LogP contribution in [0.15, 0.2) is 83.8 Å². The average Bonchev–Trinajstić information content (AvgIpc) is 2.90. The number of amides is 2. The van der Waals surface area contributed by atoms with Gasteiger partial charge in [-0.2, -0.15) is 0 Å². The zero-order chi connectivity index (χ0) is 27.7. The van der Waals surface area contributed by atoms with Crippen LogP contribution in [-0.4, -0.2) is 44.3 Å². The van der Waals surface area contributed by atoms with Gasteiger partial charge in [0.15, 0.2) is 0 Å². The van der Waals surface area contributed by atoms with Crippen molar-refractivity contribution < 1.29 is 18.0 Å². The second-order valence-corrected chi connectivity index (χ2v) is 11.4. The maximum absolute atomic E-state index is 13.8. The van der Waals surface area contributed by atoms with E-state index in [1.165, 1.54) is 23.1 Å². The molecule has 3 aromatic rings. The van der Waals surface area contributed by atoms with Gasteiger partial charge in [-0.3, -0.25) is 13.9 Å². The first-order valence-corrected chi connectivity index (χ1v) is 14.4. The number of nitrogens with one attached hydrogen (secondary N) is 1. The topological polar surface area (TPSA) is 86.8 Å². The van der Waals surface area contributed by atoms with Crippen molar-refractivity contribution in [3.05, 3.63) is 95.0 Å². The zero-order valence-corrected chi connectivity index (χ0v) is 23.5. The number of rotatable bonds is 12. The molecule has 3 aromatic carbocycles. The minimum absolute atomic E-state index is 0.0517. The predicted molar refractivity (Wildman–Crippen MR) is 152 cm³/mol. The standard InChI is InChI=1S/C29H34ClN3O4S/c1-4-5-18-31-29(35)23(3)32(20-24-10-7-6-8-11-24)28(34)21-33(26-13-9-12-25(30)19-26)38(36,37)27-16-14-22(2)15-17-27/h6-17,19,23H,4-5,18,20-21H2,1-3H3,(H,31,35). The highest BCUT2D eigenvalue weighted by atomic mass is 35.5. The fourth-order valence-electron chi connectivity index (χ4n) is 3.90. The second-order valence-electron chi connectivity index (χ2n) is 9.13. The summed E-state index contributed by atoms with van der Waals surface area (Å²) in [4.78, 5) is 28.2. The number of unbranched alkanes of at least 4 members (excludes halogenated alkanes) is 1. The van der Waals surface area contributed by atoms with E-state index in [-0.39, 0.29) is 23.0 Å². The molecule has 1 N–H and O–H groups in total. The summed E-state index contributed by atoms with van der Waals surface area (Å²) in [5, 5.41) is 3.21. The summed E-state index contributed by atoms with van der Waals surface area (Å²) in [7, 11) is -4.13. The Morgan fingerprint density at radius 3 is 2.29 bits per heavy atom. The Morgan fingerprint density at radius 2 is 1.66 bits per heavy atom. The van der Waals surface area contributed by atoms with Gasteiger partial charge in [0.25, 0.3) is 10.0 Å². The zero-order valence-electron chi connectivity index (χ0n) is 21.9. The summed E-state index contributed by atoms with van der Waals surface area (Å²) >= 11 is 6.19. The summed E-state index contributed by atoms with van der Waals surface area (Å²) in [6, 6.07) is 21.3. The Bertz CT molecular complexity index is 1330. The van der Waals surface area contributed by atoms with Gasteiger partial charge in [-0.25, -0.2) is 8.42 Å². The van der Waals surface area contributed by atoms with Crippen molar-refractivity contribution in [2.45, 2.75) is 51.1 Å². The molecule has 0 radical (unpaired) electrons. The van der Waals surface area contributed by atoms with Crippen LogP contribution in [0.3, 0.4) is 0 Å². The number of halogens is 1. The average molecular weight is 556 g/mol. The third kappa shape index (κ3) is 7.58. The predicted octanol–water partition coefficient (Wildman–Crippen LogP) is 5.18. The molecule has 0 bridgehead atoms. The number of anilines is 1. The molecule has 202 valence electrons. The molecular weight excluding hydrogens is 522 g/mol. The molecule has 0 aliphatic rings. The first-order valence-electron chi connectivity index (χ1n) is 12.6. The minimum atomic E-state index is -4.13. The van der Waals surface area contributed by atoms with E-state index < -0.39 is 28.5 Å². The van der Waals surface area contributed by atoms with E-state index >= 15 is 0 Å². The summed E-state index contributed by atoms with van der Waals surface area (Å²) in [5.41, 5.74) is 1.99.